The summed E-state index contributed by atoms with van der Waals surface area (Å²) in [4.78, 5) is 24.0. The smallest absolute Gasteiger partial charge is 0.285 e. The lowest BCUT2D eigenvalue weighted by Gasteiger charge is -2.19. The lowest BCUT2D eigenvalue weighted by molar-refractivity contribution is -0.385. The molecule has 1 aliphatic carbocycles. The van der Waals surface area contributed by atoms with E-state index in [2.05, 4.69) is 5.32 Å². The minimum atomic E-state index is -0.559. The van der Waals surface area contributed by atoms with Crippen LogP contribution < -0.4 is 15.8 Å². The fourth-order valence-corrected chi connectivity index (χ4v) is 3.54. The van der Waals surface area contributed by atoms with Gasteiger partial charge in [0.1, 0.15) is 11.3 Å². The van der Waals surface area contributed by atoms with Crippen LogP contribution in [0.2, 0.25) is 0 Å². The molecule has 0 bridgehead atoms. The second kappa shape index (κ2) is 9.10. The lowest BCUT2D eigenvalue weighted by atomic mass is 10.0. The summed E-state index contributed by atoms with van der Waals surface area (Å²) in [6.45, 7) is 0.506. The molecule has 1 fully saturated rings. The normalized spacial score (nSPS) is 19.5. The average Bonchev–Trinajstić information content (AvgIpc) is 3.00. The Morgan fingerprint density at radius 2 is 2.21 bits per heavy atom. The van der Waals surface area contributed by atoms with Crippen molar-refractivity contribution < 1.29 is 14.5 Å². The van der Waals surface area contributed by atoms with Gasteiger partial charge < -0.3 is 15.8 Å². The minimum absolute atomic E-state index is 0. The van der Waals surface area contributed by atoms with E-state index in [1.165, 1.54) is 31.0 Å². The van der Waals surface area contributed by atoms with Crippen molar-refractivity contribution in [1.29, 1.82) is 0 Å². The fourth-order valence-electron chi connectivity index (χ4n) is 2.96. The number of thioether (sulfide) groups is 1. The molecule has 134 valence electrons. The summed E-state index contributed by atoms with van der Waals surface area (Å²) < 4.78 is 5.16. The van der Waals surface area contributed by atoms with Crippen LogP contribution in [-0.4, -0.2) is 36.8 Å². The van der Waals surface area contributed by atoms with Gasteiger partial charge in [0.2, 0.25) is 0 Å². The standard InChI is InChI=1S/C15H21N3O4S.ClH/c1-22-13-7-12(18(20)21)10(6-14(13)23-2)15(19)17-11-5-3-4-9(11)8-16;/h6-7,9,11H,3-5,8,16H2,1-2H3,(H,17,19);1H. The largest absolute Gasteiger partial charge is 0.495 e. The Balaban J connectivity index is 0.00000288. The summed E-state index contributed by atoms with van der Waals surface area (Å²) in [5.41, 5.74) is 5.53. The average molecular weight is 376 g/mol. The number of amides is 1. The highest BCUT2D eigenvalue weighted by molar-refractivity contribution is 7.98. The molecule has 0 aliphatic heterocycles. The van der Waals surface area contributed by atoms with Crippen molar-refractivity contribution in [3.8, 4) is 5.75 Å². The van der Waals surface area contributed by atoms with E-state index in [4.69, 9.17) is 10.5 Å². The van der Waals surface area contributed by atoms with Gasteiger partial charge >= 0.3 is 0 Å². The van der Waals surface area contributed by atoms with Crippen LogP contribution in [0, 0.1) is 16.0 Å². The Kier molecular flexibility index (Phi) is 7.78. The first-order valence-electron chi connectivity index (χ1n) is 7.43. The fraction of sp³-hybridized carbons (Fsp3) is 0.533. The van der Waals surface area contributed by atoms with Gasteiger partial charge in [0, 0.05) is 6.04 Å². The number of halogens is 1. The molecule has 2 unspecified atom stereocenters. The molecule has 0 spiro atoms. The Bertz CT molecular complexity index is 615. The summed E-state index contributed by atoms with van der Waals surface area (Å²) in [7, 11) is 1.45. The zero-order valence-corrected chi connectivity index (χ0v) is 15.2. The van der Waals surface area contributed by atoms with Crippen LogP contribution >= 0.6 is 24.2 Å². The first-order valence-corrected chi connectivity index (χ1v) is 8.65. The van der Waals surface area contributed by atoms with Crippen LogP contribution in [0.5, 0.6) is 5.75 Å². The highest BCUT2D eigenvalue weighted by atomic mass is 35.5. The Labute approximate surface area is 151 Å². The van der Waals surface area contributed by atoms with E-state index >= 15 is 0 Å². The Morgan fingerprint density at radius 3 is 2.75 bits per heavy atom. The molecule has 1 aliphatic rings. The topological polar surface area (TPSA) is 107 Å². The van der Waals surface area contributed by atoms with Crippen LogP contribution in [0.4, 0.5) is 5.69 Å². The second-order valence-corrected chi connectivity index (χ2v) is 6.34. The molecule has 2 atom stereocenters. The second-order valence-electron chi connectivity index (χ2n) is 5.49. The Hall–Kier alpha value is -1.51. The van der Waals surface area contributed by atoms with E-state index < -0.39 is 10.8 Å². The maximum absolute atomic E-state index is 12.5. The van der Waals surface area contributed by atoms with E-state index in [0.717, 1.165) is 19.3 Å². The van der Waals surface area contributed by atoms with Gasteiger partial charge in [0.05, 0.1) is 23.0 Å². The van der Waals surface area contributed by atoms with E-state index in [9.17, 15) is 14.9 Å². The molecule has 1 amide bonds. The molecular weight excluding hydrogens is 354 g/mol. The number of carbonyl (C=O) groups is 1. The molecule has 0 aromatic heterocycles. The van der Waals surface area contributed by atoms with Crippen LogP contribution in [0.1, 0.15) is 29.6 Å². The molecule has 2 rings (SSSR count). The molecule has 1 aromatic rings. The number of nitrogens with two attached hydrogens (primary N) is 1. The molecule has 24 heavy (non-hydrogen) atoms. The van der Waals surface area contributed by atoms with Crippen molar-refractivity contribution in [3.63, 3.8) is 0 Å². The van der Waals surface area contributed by atoms with Crippen LogP contribution in [0.15, 0.2) is 17.0 Å². The van der Waals surface area contributed by atoms with Gasteiger partial charge in [-0.25, -0.2) is 0 Å². The first-order chi connectivity index (χ1) is 11.0. The van der Waals surface area contributed by atoms with Crippen molar-refractivity contribution in [1.82, 2.24) is 5.32 Å². The third-order valence-electron chi connectivity index (χ3n) is 4.22. The van der Waals surface area contributed by atoms with Gasteiger partial charge in [-0.05, 0) is 37.6 Å². The van der Waals surface area contributed by atoms with E-state index in [-0.39, 0.29) is 35.6 Å². The zero-order chi connectivity index (χ0) is 17.0. The highest BCUT2D eigenvalue weighted by Gasteiger charge is 2.30. The number of hydrogen-bond donors (Lipinski definition) is 2. The van der Waals surface area contributed by atoms with E-state index in [0.29, 0.717) is 17.2 Å². The van der Waals surface area contributed by atoms with Crippen LogP contribution in [0.25, 0.3) is 0 Å². The maximum atomic E-state index is 12.5. The number of hydrogen-bond acceptors (Lipinski definition) is 6. The van der Waals surface area contributed by atoms with Crippen molar-refractivity contribution >= 4 is 35.8 Å². The van der Waals surface area contributed by atoms with Gasteiger partial charge in [0.15, 0.2) is 0 Å². The predicted octanol–water partition coefficient (Wildman–Crippen LogP) is 2.60. The van der Waals surface area contributed by atoms with Gasteiger partial charge in [-0.1, -0.05) is 6.42 Å². The summed E-state index contributed by atoms with van der Waals surface area (Å²) in [6, 6.07) is 2.80. The molecule has 1 saturated carbocycles. The Morgan fingerprint density at radius 1 is 1.50 bits per heavy atom. The van der Waals surface area contributed by atoms with Gasteiger partial charge in [0.25, 0.3) is 11.6 Å². The van der Waals surface area contributed by atoms with Crippen LogP contribution in [0.3, 0.4) is 0 Å². The maximum Gasteiger partial charge on any atom is 0.285 e. The summed E-state index contributed by atoms with van der Waals surface area (Å²) in [6.07, 6.45) is 4.66. The van der Waals surface area contributed by atoms with Crippen molar-refractivity contribution in [2.45, 2.75) is 30.2 Å². The highest BCUT2D eigenvalue weighted by Crippen LogP contribution is 2.35. The van der Waals surface area contributed by atoms with Crippen molar-refractivity contribution in [3.05, 3.63) is 27.8 Å². The van der Waals surface area contributed by atoms with Gasteiger partial charge in [-0.15, -0.1) is 24.2 Å². The number of carbonyl (C=O) groups excluding carboxylic acids is 1. The zero-order valence-electron chi connectivity index (χ0n) is 13.6. The van der Waals surface area contributed by atoms with Crippen molar-refractivity contribution in [2.75, 3.05) is 19.9 Å². The molecule has 0 radical (unpaired) electrons. The van der Waals surface area contributed by atoms with Gasteiger partial charge in [-0.3, -0.25) is 14.9 Å². The van der Waals surface area contributed by atoms with E-state index in [1.807, 2.05) is 6.26 Å². The molecule has 0 saturated heterocycles. The number of ether oxygens (including phenoxy) is 1. The number of methoxy groups -OCH3 is 1. The summed E-state index contributed by atoms with van der Waals surface area (Å²) >= 11 is 1.37. The number of benzene rings is 1. The molecule has 0 heterocycles. The number of nitrogens with zero attached hydrogens (tertiary/aromatic N) is 1. The lowest BCUT2D eigenvalue weighted by Crippen LogP contribution is -2.40. The summed E-state index contributed by atoms with van der Waals surface area (Å²) in [5.74, 6) is 0.192. The monoisotopic (exact) mass is 375 g/mol. The molecular formula is C15H22ClN3O4S. The van der Waals surface area contributed by atoms with E-state index in [1.54, 1.807) is 0 Å². The number of nitrogens with one attached hydrogen (secondary N) is 1. The number of nitro groups is 1. The molecule has 9 heteroatoms. The predicted molar refractivity (Wildman–Crippen MR) is 96.3 cm³/mol. The first kappa shape index (κ1) is 20.5. The quantitative estimate of drug-likeness (QED) is 0.449. The third-order valence-corrected chi connectivity index (χ3v) is 4.98. The number of rotatable bonds is 6. The molecule has 7 nitrogen and oxygen atoms in total. The summed E-state index contributed by atoms with van der Waals surface area (Å²) in [5, 5.41) is 14.2. The van der Waals surface area contributed by atoms with Crippen LogP contribution in [-0.2, 0) is 0 Å². The van der Waals surface area contributed by atoms with Crippen molar-refractivity contribution in [2.24, 2.45) is 11.7 Å². The SMILES string of the molecule is COc1cc([N+](=O)[O-])c(C(=O)NC2CCCC2CN)cc1SC.Cl. The van der Waals surface area contributed by atoms with Gasteiger partial charge in [-0.2, -0.15) is 0 Å². The minimum Gasteiger partial charge on any atom is -0.495 e. The molecule has 1 aromatic carbocycles. The third kappa shape index (κ3) is 4.31. The molecule has 3 N–H and O–H groups in total. The number of nitro benzene ring substituents is 1.